The minimum atomic E-state index is -1.48. The second-order valence-corrected chi connectivity index (χ2v) is 5.05. The van der Waals surface area contributed by atoms with Gasteiger partial charge in [-0.1, -0.05) is 29.3 Å². The van der Waals surface area contributed by atoms with Gasteiger partial charge in [0.1, 0.15) is 12.1 Å². The van der Waals surface area contributed by atoms with E-state index < -0.39 is 24.0 Å². The number of benzene rings is 1. The lowest BCUT2D eigenvalue weighted by Crippen LogP contribution is -2.51. The fourth-order valence-corrected chi connectivity index (χ4v) is 2.68. The van der Waals surface area contributed by atoms with Crippen molar-refractivity contribution in [2.45, 2.75) is 19.1 Å². The number of aliphatic hydroxyl groups excluding tert-OH is 1. The molecule has 1 amide bonds. The Morgan fingerprint density at radius 3 is 2.42 bits per heavy atom. The van der Waals surface area contributed by atoms with Gasteiger partial charge in [-0.25, -0.2) is 0 Å². The largest absolute Gasteiger partial charge is 0.481 e. The molecule has 0 saturated carbocycles. The lowest BCUT2D eigenvalue weighted by atomic mass is 9.95. The van der Waals surface area contributed by atoms with Crippen molar-refractivity contribution in [1.82, 2.24) is 0 Å². The lowest BCUT2D eigenvalue weighted by molar-refractivity contribution is -0.148. The van der Waals surface area contributed by atoms with Gasteiger partial charge in [0.05, 0.1) is 15.7 Å². The van der Waals surface area contributed by atoms with Crippen molar-refractivity contribution < 1.29 is 19.8 Å². The molecule has 0 bridgehead atoms. The summed E-state index contributed by atoms with van der Waals surface area (Å²) >= 11 is 12.0. The van der Waals surface area contributed by atoms with E-state index in [4.69, 9.17) is 28.3 Å². The third-order valence-electron chi connectivity index (χ3n) is 3.06. The van der Waals surface area contributed by atoms with E-state index in [-0.39, 0.29) is 28.6 Å². The first-order valence-electron chi connectivity index (χ1n) is 5.60. The van der Waals surface area contributed by atoms with Gasteiger partial charge in [-0.15, -0.1) is 0 Å². The van der Waals surface area contributed by atoms with Gasteiger partial charge >= 0.3 is 5.97 Å². The van der Waals surface area contributed by atoms with Crippen LogP contribution in [0.4, 0.5) is 5.69 Å². The fraction of sp³-hybridized carbons (Fsp3) is 0.333. The van der Waals surface area contributed by atoms with Crippen LogP contribution < -0.4 is 4.90 Å². The predicted octanol–water partition coefficient (Wildman–Crippen LogP) is 2.14. The maximum Gasteiger partial charge on any atom is 0.311 e. The van der Waals surface area contributed by atoms with Crippen LogP contribution in [0.15, 0.2) is 18.2 Å². The normalized spacial score (nSPS) is 23.5. The highest BCUT2D eigenvalue weighted by Gasteiger charge is 2.40. The van der Waals surface area contributed by atoms with Gasteiger partial charge in [0.25, 0.3) is 0 Å². The van der Waals surface area contributed by atoms with Crippen molar-refractivity contribution in [3.8, 4) is 0 Å². The highest BCUT2D eigenvalue weighted by atomic mass is 35.5. The topological polar surface area (TPSA) is 77.8 Å². The monoisotopic (exact) mass is 303 g/mol. The summed E-state index contributed by atoms with van der Waals surface area (Å²) in [5, 5.41) is 19.5. The SMILES string of the molecule is O=C(O)C1CCC(=O)N(c2c(Cl)cccc2Cl)C1O. The molecule has 19 heavy (non-hydrogen) atoms. The summed E-state index contributed by atoms with van der Waals surface area (Å²) < 4.78 is 0. The van der Waals surface area contributed by atoms with Crippen LogP contribution in [-0.4, -0.2) is 28.3 Å². The predicted molar refractivity (Wildman–Crippen MR) is 70.3 cm³/mol. The number of halogens is 2. The summed E-state index contributed by atoms with van der Waals surface area (Å²) in [6.07, 6.45) is -1.36. The van der Waals surface area contributed by atoms with Crippen LogP contribution >= 0.6 is 23.2 Å². The van der Waals surface area contributed by atoms with Crippen molar-refractivity contribution in [2.75, 3.05) is 4.90 Å². The number of anilines is 1. The zero-order valence-electron chi connectivity index (χ0n) is 9.72. The number of aliphatic hydroxyl groups is 1. The first kappa shape index (κ1) is 14.1. The number of hydrogen-bond donors (Lipinski definition) is 2. The number of carbonyl (C=O) groups is 2. The highest BCUT2D eigenvalue weighted by molar-refractivity contribution is 6.40. The van der Waals surface area contributed by atoms with E-state index in [2.05, 4.69) is 0 Å². The van der Waals surface area contributed by atoms with Gasteiger partial charge in [0, 0.05) is 6.42 Å². The molecule has 1 fully saturated rings. The van der Waals surface area contributed by atoms with Crippen LogP contribution in [-0.2, 0) is 9.59 Å². The third-order valence-corrected chi connectivity index (χ3v) is 3.67. The third kappa shape index (κ3) is 2.54. The minimum Gasteiger partial charge on any atom is -0.481 e. The van der Waals surface area contributed by atoms with Crippen molar-refractivity contribution in [3.05, 3.63) is 28.2 Å². The van der Waals surface area contributed by atoms with Crippen molar-refractivity contribution in [2.24, 2.45) is 5.92 Å². The van der Waals surface area contributed by atoms with E-state index in [0.717, 1.165) is 4.90 Å². The molecule has 1 aliphatic rings. The molecule has 1 heterocycles. The number of aliphatic carboxylic acids is 1. The summed E-state index contributed by atoms with van der Waals surface area (Å²) in [6.45, 7) is 0. The molecule has 7 heteroatoms. The van der Waals surface area contributed by atoms with Crippen LogP contribution in [0.25, 0.3) is 0 Å². The summed E-state index contributed by atoms with van der Waals surface area (Å²) in [5.74, 6) is -2.61. The van der Waals surface area contributed by atoms with Crippen molar-refractivity contribution in [3.63, 3.8) is 0 Å². The second kappa shape index (κ2) is 5.36. The first-order chi connectivity index (χ1) is 8.93. The molecular weight excluding hydrogens is 293 g/mol. The Hall–Kier alpha value is -1.30. The molecule has 1 aromatic rings. The number of hydrogen-bond acceptors (Lipinski definition) is 3. The first-order valence-corrected chi connectivity index (χ1v) is 6.36. The number of para-hydroxylation sites is 1. The molecule has 1 aromatic carbocycles. The Morgan fingerprint density at radius 2 is 1.89 bits per heavy atom. The Balaban J connectivity index is 2.46. The summed E-state index contributed by atoms with van der Waals surface area (Å²) in [5.41, 5.74) is 0.147. The molecule has 2 unspecified atom stereocenters. The average Bonchev–Trinajstić information content (AvgIpc) is 2.32. The number of carboxylic acid groups (broad SMARTS) is 1. The number of rotatable bonds is 2. The Labute approximate surface area is 119 Å². The lowest BCUT2D eigenvalue weighted by Gasteiger charge is -2.36. The Bertz CT molecular complexity index is 514. The van der Waals surface area contributed by atoms with E-state index in [1.807, 2.05) is 0 Å². The van der Waals surface area contributed by atoms with Gasteiger partial charge in [-0.3, -0.25) is 14.5 Å². The number of piperidine rings is 1. The fourth-order valence-electron chi connectivity index (χ4n) is 2.10. The van der Waals surface area contributed by atoms with E-state index in [1.165, 1.54) is 12.1 Å². The molecule has 1 saturated heterocycles. The van der Waals surface area contributed by atoms with E-state index in [1.54, 1.807) is 6.07 Å². The van der Waals surface area contributed by atoms with E-state index in [0.29, 0.717) is 0 Å². The van der Waals surface area contributed by atoms with Crippen LogP contribution in [0.2, 0.25) is 10.0 Å². The number of amides is 1. The smallest absolute Gasteiger partial charge is 0.311 e. The molecule has 2 N–H and O–H groups in total. The summed E-state index contributed by atoms with van der Waals surface area (Å²) in [6, 6.07) is 4.64. The van der Waals surface area contributed by atoms with Crippen LogP contribution in [0.5, 0.6) is 0 Å². The van der Waals surface area contributed by atoms with E-state index >= 15 is 0 Å². The zero-order valence-corrected chi connectivity index (χ0v) is 11.2. The van der Waals surface area contributed by atoms with Gasteiger partial charge in [-0.2, -0.15) is 0 Å². The van der Waals surface area contributed by atoms with Crippen LogP contribution in [0, 0.1) is 5.92 Å². The maximum atomic E-state index is 11.9. The maximum absolute atomic E-state index is 11.9. The Morgan fingerprint density at radius 1 is 1.32 bits per heavy atom. The molecular formula is C12H11Cl2NO4. The summed E-state index contributed by atoms with van der Waals surface area (Å²) in [4.78, 5) is 24.0. The molecule has 0 spiro atoms. The average molecular weight is 304 g/mol. The molecule has 5 nitrogen and oxygen atoms in total. The van der Waals surface area contributed by atoms with Crippen molar-refractivity contribution in [1.29, 1.82) is 0 Å². The zero-order chi connectivity index (χ0) is 14.2. The van der Waals surface area contributed by atoms with Crippen LogP contribution in [0.1, 0.15) is 12.8 Å². The van der Waals surface area contributed by atoms with Gasteiger partial charge in [0.2, 0.25) is 5.91 Å². The van der Waals surface area contributed by atoms with E-state index in [9.17, 15) is 14.7 Å². The molecule has 1 aliphatic heterocycles. The van der Waals surface area contributed by atoms with Gasteiger partial charge < -0.3 is 10.2 Å². The minimum absolute atomic E-state index is 0.0234. The number of carboxylic acids is 1. The van der Waals surface area contributed by atoms with Crippen molar-refractivity contribution >= 4 is 40.8 Å². The van der Waals surface area contributed by atoms with Gasteiger partial charge in [0.15, 0.2) is 0 Å². The standard InChI is InChI=1S/C12H11Cl2NO4/c13-7-2-1-3-8(14)10(7)15-9(16)5-4-6(11(15)17)12(18)19/h1-3,6,11,17H,4-5H2,(H,18,19). The molecule has 2 rings (SSSR count). The molecule has 0 aliphatic carbocycles. The molecule has 2 atom stereocenters. The molecule has 102 valence electrons. The summed E-state index contributed by atoms with van der Waals surface area (Å²) in [7, 11) is 0. The molecule has 0 aromatic heterocycles. The Kier molecular flexibility index (Phi) is 3.99. The second-order valence-electron chi connectivity index (χ2n) is 4.23. The highest BCUT2D eigenvalue weighted by Crippen LogP contribution is 2.38. The number of nitrogens with zero attached hydrogens (tertiary/aromatic N) is 1. The van der Waals surface area contributed by atoms with Crippen LogP contribution in [0.3, 0.4) is 0 Å². The molecule has 0 radical (unpaired) electrons. The number of carbonyl (C=O) groups excluding carboxylic acids is 1. The van der Waals surface area contributed by atoms with Gasteiger partial charge in [-0.05, 0) is 18.6 Å². The quantitative estimate of drug-likeness (QED) is 0.877.